The van der Waals surface area contributed by atoms with Crippen molar-refractivity contribution in [2.75, 3.05) is 6.54 Å². The molecule has 0 aliphatic heterocycles. The van der Waals surface area contributed by atoms with E-state index >= 15 is 0 Å². The van der Waals surface area contributed by atoms with Crippen molar-refractivity contribution in [2.45, 2.75) is 26.3 Å². The molecule has 96 valence electrons. The first-order chi connectivity index (χ1) is 8.60. The summed E-state index contributed by atoms with van der Waals surface area (Å²) in [6, 6.07) is 7.22. The van der Waals surface area contributed by atoms with Crippen molar-refractivity contribution in [1.82, 2.24) is 5.32 Å². The molecule has 0 radical (unpaired) electrons. The minimum atomic E-state index is -0.247. The van der Waals surface area contributed by atoms with E-state index in [1.807, 2.05) is 32.0 Å². The molecule has 0 aromatic heterocycles. The molecular formula is C15H20N2O. The molecule has 3 nitrogen and oxygen atoms in total. The molecule has 18 heavy (non-hydrogen) atoms. The number of nitrogens with two attached hydrogens (primary N) is 1. The second-order valence-corrected chi connectivity index (χ2v) is 4.56. The SMILES string of the molecule is C#CC(NC(=O)c1ccccc1CCN)C(C)C. The summed E-state index contributed by atoms with van der Waals surface area (Å²) in [5, 5.41) is 2.87. The minimum Gasteiger partial charge on any atom is -0.338 e. The van der Waals surface area contributed by atoms with Gasteiger partial charge in [0.1, 0.15) is 0 Å². The lowest BCUT2D eigenvalue weighted by Crippen LogP contribution is -2.37. The average Bonchev–Trinajstić information content (AvgIpc) is 2.36. The van der Waals surface area contributed by atoms with E-state index in [1.165, 1.54) is 0 Å². The highest BCUT2D eigenvalue weighted by atomic mass is 16.1. The van der Waals surface area contributed by atoms with Gasteiger partial charge in [0.25, 0.3) is 5.91 Å². The smallest absolute Gasteiger partial charge is 0.252 e. The summed E-state index contributed by atoms with van der Waals surface area (Å²) in [5.41, 5.74) is 7.15. The van der Waals surface area contributed by atoms with Crippen LogP contribution in [0.2, 0.25) is 0 Å². The summed E-state index contributed by atoms with van der Waals surface area (Å²) in [7, 11) is 0. The third-order valence-electron chi connectivity index (χ3n) is 2.81. The summed E-state index contributed by atoms with van der Waals surface area (Å²) in [6.45, 7) is 4.49. The molecule has 0 aliphatic rings. The number of rotatable bonds is 5. The Kier molecular flexibility index (Phi) is 5.41. The summed E-state index contributed by atoms with van der Waals surface area (Å²) >= 11 is 0. The third kappa shape index (κ3) is 3.61. The molecule has 1 atom stereocenters. The zero-order valence-electron chi connectivity index (χ0n) is 10.9. The predicted molar refractivity (Wildman–Crippen MR) is 74.1 cm³/mol. The summed E-state index contributed by atoms with van der Waals surface area (Å²) in [4.78, 5) is 12.2. The van der Waals surface area contributed by atoms with E-state index in [2.05, 4.69) is 11.2 Å². The Hall–Kier alpha value is -1.79. The normalized spacial score (nSPS) is 11.9. The van der Waals surface area contributed by atoms with Crippen LogP contribution in [0.15, 0.2) is 24.3 Å². The fourth-order valence-electron chi connectivity index (χ4n) is 1.74. The Balaban J connectivity index is 2.87. The van der Waals surface area contributed by atoms with E-state index in [9.17, 15) is 4.79 Å². The molecule has 3 heteroatoms. The van der Waals surface area contributed by atoms with Gasteiger partial charge in [-0.15, -0.1) is 6.42 Å². The molecule has 0 saturated heterocycles. The van der Waals surface area contributed by atoms with Crippen molar-refractivity contribution < 1.29 is 4.79 Å². The number of hydrogen-bond acceptors (Lipinski definition) is 2. The molecule has 3 N–H and O–H groups in total. The summed E-state index contributed by atoms with van der Waals surface area (Å²) in [6.07, 6.45) is 6.10. The lowest BCUT2D eigenvalue weighted by atomic mass is 10.0. The second kappa shape index (κ2) is 6.83. The second-order valence-electron chi connectivity index (χ2n) is 4.56. The highest BCUT2D eigenvalue weighted by molar-refractivity contribution is 5.96. The zero-order valence-corrected chi connectivity index (χ0v) is 10.9. The first-order valence-electron chi connectivity index (χ1n) is 6.15. The standard InChI is InChI=1S/C15H20N2O/c1-4-14(11(2)3)17-15(18)13-8-6-5-7-12(13)9-10-16/h1,5-8,11,14H,9-10,16H2,2-3H3,(H,17,18). The molecule has 1 aromatic carbocycles. The van der Waals surface area contributed by atoms with Gasteiger partial charge in [-0.2, -0.15) is 0 Å². The van der Waals surface area contributed by atoms with Gasteiger partial charge in [-0.1, -0.05) is 38.0 Å². The largest absolute Gasteiger partial charge is 0.338 e. The molecule has 0 spiro atoms. The number of carbonyl (C=O) groups excluding carboxylic acids is 1. The molecule has 1 unspecified atom stereocenters. The van der Waals surface area contributed by atoms with Crippen LogP contribution in [0.25, 0.3) is 0 Å². The lowest BCUT2D eigenvalue weighted by Gasteiger charge is -2.17. The highest BCUT2D eigenvalue weighted by Gasteiger charge is 2.16. The van der Waals surface area contributed by atoms with Crippen LogP contribution in [0.4, 0.5) is 0 Å². The minimum absolute atomic E-state index is 0.129. The monoisotopic (exact) mass is 244 g/mol. The average molecular weight is 244 g/mol. The Labute approximate surface area is 109 Å². The Morgan fingerprint density at radius 1 is 1.44 bits per heavy atom. The van der Waals surface area contributed by atoms with E-state index in [0.29, 0.717) is 18.5 Å². The van der Waals surface area contributed by atoms with E-state index in [-0.39, 0.29) is 17.9 Å². The molecule has 1 amide bonds. The van der Waals surface area contributed by atoms with Crippen molar-refractivity contribution in [2.24, 2.45) is 11.7 Å². The van der Waals surface area contributed by atoms with Crippen LogP contribution in [-0.2, 0) is 6.42 Å². The van der Waals surface area contributed by atoms with Gasteiger partial charge in [-0.05, 0) is 30.5 Å². The molecule has 1 aromatic rings. The van der Waals surface area contributed by atoms with Gasteiger partial charge in [0.2, 0.25) is 0 Å². The molecule has 0 bridgehead atoms. The maximum atomic E-state index is 12.2. The number of carbonyl (C=O) groups is 1. The van der Waals surface area contributed by atoms with Crippen LogP contribution in [0.5, 0.6) is 0 Å². The molecular weight excluding hydrogens is 224 g/mol. The number of terminal acetylenes is 1. The predicted octanol–water partition coefficient (Wildman–Crippen LogP) is 1.58. The van der Waals surface area contributed by atoms with Crippen molar-refractivity contribution in [3.8, 4) is 12.3 Å². The maximum Gasteiger partial charge on any atom is 0.252 e. The van der Waals surface area contributed by atoms with Crippen molar-refractivity contribution in [3.05, 3.63) is 35.4 Å². The van der Waals surface area contributed by atoms with Gasteiger partial charge < -0.3 is 11.1 Å². The number of nitrogens with one attached hydrogen (secondary N) is 1. The first-order valence-corrected chi connectivity index (χ1v) is 6.15. The fourth-order valence-corrected chi connectivity index (χ4v) is 1.74. The Morgan fingerprint density at radius 3 is 2.67 bits per heavy atom. The van der Waals surface area contributed by atoms with E-state index in [1.54, 1.807) is 6.07 Å². The fraction of sp³-hybridized carbons (Fsp3) is 0.400. The Morgan fingerprint density at radius 2 is 2.11 bits per heavy atom. The summed E-state index contributed by atoms with van der Waals surface area (Å²) < 4.78 is 0. The number of benzene rings is 1. The van der Waals surface area contributed by atoms with Crippen LogP contribution < -0.4 is 11.1 Å². The van der Waals surface area contributed by atoms with E-state index in [4.69, 9.17) is 12.2 Å². The molecule has 1 rings (SSSR count). The van der Waals surface area contributed by atoms with Crippen LogP contribution in [0, 0.1) is 18.3 Å². The van der Waals surface area contributed by atoms with Crippen molar-refractivity contribution in [3.63, 3.8) is 0 Å². The number of hydrogen-bond donors (Lipinski definition) is 2. The van der Waals surface area contributed by atoms with Crippen molar-refractivity contribution >= 4 is 5.91 Å². The summed E-state index contributed by atoms with van der Waals surface area (Å²) in [5.74, 6) is 2.68. The highest BCUT2D eigenvalue weighted by Crippen LogP contribution is 2.10. The van der Waals surface area contributed by atoms with Crippen LogP contribution >= 0.6 is 0 Å². The van der Waals surface area contributed by atoms with Gasteiger partial charge in [0.15, 0.2) is 0 Å². The molecule has 0 heterocycles. The first kappa shape index (κ1) is 14.3. The van der Waals surface area contributed by atoms with Crippen LogP contribution in [-0.4, -0.2) is 18.5 Å². The van der Waals surface area contributed by atoms with E-state index < -0.39 is 0 Å². The van der Waals surface area contributed by atoms with Gasteiger partial charge in [0, 0.05) is 5.56 Å². The molecule has 0 saturated carbocycles. The van der Waals surface area contributed by atoms with E-state index in [0.717, 1.165) is 5.56 Å². The van der Waals surface area contributed by atoms with Crippen LogP contribution in [0.3, 0.4) is 0 Å². The molecule has 0 aliphatic carbocycles. The maximum absolute atomic E-state index is 12.2. The van der Waals surface area contributed by atoms with Gasteiger partial charge in [0.05, 0.1) is 6.04 Å². The van der Waals surface area contributed by atoms with Gasteiger partial charge >= 0.3 is 0 Å². The zero-order chi connectivity index (χ0) is 13.5. The van der Waals surface area contributed by atoms with Crippen LogP contribution in [0.1, 0.15) is 29.8 Å². The molecule has 0 fully saturated rings. The number of amides is 1. The lowest BCUT2D eigenvalue weighted by molar-refractivity contribution is 0.0937. The van der Waals surface area contributed by atoms with Gasteiger partial charge in [-0.3, -0.25) is 4.79 Å². The Bertz CT molecular complexity index is 446. The van der Waals surface area contributed by atoms with Crippen molar-refractivity contribution in [1.29, 1.82) is 0 Å². The third-order valence-corrected chi connectivity index (χ3v) is 2.81. The topological polar surface area (TPSA) is 55.1 Å². The van der Waals surface area contributed by atoms with Gasteiger partial charge in [-0.25, -0.2) is 0 Å². The quantitative estimate of drug-likeness (QED) is 0.773.